The highest BCUT2D eigenvalue weighted by molar-refractivity contribution is 6.11. The van der Waals surface area contributed by atoms with Gasteiger partial charge in [0, 0.05) is 22.4 Å². The predicted octanol–water partition coefficient (Wildman–Crippen LogP) is 5.28. The number of carbonyl (C=O) groups is 1. The fourth-order valence-electron chi connectivity index (χ4n) is 4.13. The van der Waals surface area contributed by atoms with Crippen LogP contribution in [0.25, 0.3) is 11.3 Å². The van der Waals surface area contributed by atoms with Crippen molar-refractivity contribution in [3.8, 4) is 17.0 Å². The molecule has 1 atom stereocenters. The van der Waals surface area contributed by atoms with Crippen LogP contribution in [-0.2, 0) is 0 Å². The Morgan fingerprint density at radius 3 is 2.42 bits per heavy atom. The van der Waals surface area contributed by atoms with Crippen LogP contribution in [0.3, 0.4) is 0 Å². The second kappa shape index (κ2) is 7.40. The van der Waals surface area contributed by atoms with Crippen molar-refractivity contribution in [2.75, 3.05) is 12.0 Å². The third-order valence-electron chi connectivity index (χ3n) is 5.63. The maximum absolute atomic E-state index is 13.6. The number of methoxy groups -OCH3 is 1. The molecule has 6 heteroatoms. The summed E-state index contributed by atoms with van der Waals surface area (Å²) in [4.78, 5) is 15.1. The Balaban J connectivity index is 1.75. The van der Waals surface area contributed by atoms with Crippen LogP contribution in [0.15, 0.2) is 72.8 Å². The summed E-state index contributed by atoms with van der Waals surface area (Å²) in [5, 5.41) is 7.43. The SMILES string of the molecule is COc1ccccc1[C@H]1c2c(-c3ccc(C)cc3)n[nH]c2C(=O)N1c1ccc(F)cc1. The van der Waals surface area contributed by atoms with Gasteiger partial charge in [-0.3, -0.25) is 14.8 Å². The Bertz CT molecular complexity index is 1260. The molecule has 1 aliphatic rings. The van der Waals surface area contributed by atoms with Gasteiger partial charge in [-0.05, 0) is 37.3 Å². The number of hydrogen-bond acceptors (Lipinski definition) is 3. The van der Waals surface area contributed by atoms with Gasteiger partial charge in [0.15, 0.2) is 0 Å². The molecule has 1 amide bonds. The maximum atomic E-state index is 13.6. The van der Waals surface area contributed by atoms with Gasteiger partial charge in [-0.1, -0.05) is 48.0 Å². The Labute approximate surface area is 179 Å². The third-order valence-corrected chi connectivity index (χ3v) is 5.63. The average molecular weight is 413 g/mol. The number of hydrogen-bond donors (Lipinski definition) is 1. The molecule has 3 aromatic carbocycles. The molecule has 5 rings (SSSR count). The van der Waals surface area contributed by atoms with E-state index in [1.54, 1.807) is 24.1 Å². The van der Waals surface area contributed by atoms with Crippen molar-refractivity contribution in [1.29, 1.82) is 0 Å². The van der Waals surface area contributed by atoms with Gasteiger partial charge in [-0.25, -0.2) is 4.39 Å². The van der Waals surface area contributed by atoms with Gasteiger partial charge >= 0.3 is 0 Å². The lowest BCUT2D eigenvalue weighted by Crippen LogP contribution is -2.29. The zero-order chi connectivity index (χ0) is 21.5. The van der Waals surface area contributed by atoms with Gasteiger partial charge in [0.05, 0.1) is 18.8 Å². The first kappa shape index (κ1) is 19.1. The van der Waals surface area contributed by atoms with Crippen molar-refractivity contribution in [1.82, 2.24) is 10.2 Å². The molecule has 0 bridgehead atoms. The molecule has 0 saturated carbocycles. The number of nitrogens with zero attached hydrogens (tertiary/aromatic N) is 2. The summed E-state index contributed by atoms with van der Waals surface area (Å²) in [6.07, 6.45) is 0. The van der Waals surface area contributed by atoms with E-state index in [2.05, 4.69) is 10.2 Å². The Morgan fingerprint density at radius 2 is 1.71 bits per heavy atom. The number of rotatable bonds is 4. The molecule has 0 unspecified atom stereocenters. The van der Waals surface area contributed by atoms with E-state index in [9.17, 15) is 9.18 Å². The maximum Gasteiger partial charge on any atom is 0.277 e. The minimum atomic E-state index is -0.473. The number of ether oxygens (including phenoxy) is 1. The molecule has 2 heterocycles. The van der Waals surface area contributed by atoms with E-state index in [0.717, 1.165) is 22.3 Å². The van der Waals surface area contributed by atoms with Crippen molar-refractivity contribution in [3.63, 3.8) is 0 Å². The highest BCUT2D eigenvalue weighted by Gasteiger charge is 2.44. The fourth-order valence-corrected chi connectivity index (χ4v) is 4.13. The number of aromatic amines is 1. The molecule has 5 nitrogen and oxygen atoms in total. The van der Waals surface area contributed by atoms with Crippen LogP contribution in [0.1, 0.15) is 33.2 Å². The van der Waals surface area contributed by atoms with Gasteiger partial charge in [0.25, 0.3) is 5.91 Å². The van der Waals surface area contributed by atoms with Gasteiger partial charge < -0.3 is 4.74 Å². The number of anilines is 1. The molecule has 1 aliphatic heterocycles. The first-order valence-electron chi connectivity index (χ1n) is 9.96. The van der Waals surface area contributed by atoms with Crippen LogP contribution in [0.4, 0.5) is 10.1 Å². The van der Waals surface area contributed by atoms with Crippen LogP contribution in [0.5, 0.6) is 5.75 Å². The van der Waals surface area contributed by atoms with Crippen molar-refractivity contribution in [2.45, 2.75) is 13.0 Å². The first-order valence-corrected chi connectivity index (χ1v) is 9.96. The summed E-state index contributed by atoms with van der Waals surface area (Å²) >= 11 is 0. The molecule has 4 aromatic rings. The topological polar surface area (TPSA) is 58.2 Å². The second-order valence-electron chi connectivity index (χ2n) is 7.52. The Hall–Kier alpha value is -3.93. The molecule has 0 radical (unpaired) electrons. The molecule has 1 N–H and O–H groups in total. The molecular weight excluding hydrogens is 393 g/mol. The number of H-pyrrole nitrogens is 1. The van der Waals surface area contributed by atoms with E-state index in [4.69, 9.17) is 4.74 Å². The predicted molar refractivity (Wildman–Crippen MR) is 117 cm³/mol. The molecule has 0 fully saturated rings. The molecule has 0 spiro atoms. The van der Waals surface area contributed by atoms with Crippen LogP contribution >= 0.6 is 0 Å². The highest BCUT2D eigenvalue weighted by atomic mass is 19.1. The summed E-state index contributed by atoms with van der Waals surface area (Å²) in [5.41, 5.74) is 5.40. The van der Waals surface area contributed by atoms with Crippen LogP contribution in [0, 0.1) is 12.7 Å². The number of nitrogens with one attached hydrogen (secondary N) is 1. The summed E-state index contributed by atoms with van der Waals surface area (Å²) in [6.45, 7) is 2.02. The number of aryl methyl sites for hydroxylation is 1. The number of para-hydroxylation sites is 1. The standard InChI is InChI=1S/C25H20FN3O2/c1-15-7-9-16(10-8-15)22-21-23(28-27-22)25(30)29(18-13-11-17(26)12-14-18)24(21)19-5-3-4-6-20(19)31-2/h3-14,24H,1-2H3,(H,27,28)/t24-/m0/s1. The van der Waals surface area contributed by atoms with E-state index in [0.29, 0.717) is 22.8 Å². The average Bonchev–Trinajstić information content (AvgIpc) is 3.34. The Kier molecular flexibility index (Phi) is 4.55. The smallest absolute Gasteiger partial charge is 0.277 e. The number of halogens is 1. The highest BCUT2D eigenvalue weighted by Crippen LogP contribution is 2.47. The van der Waals surface area contributed by atoms with E-state index < -0.39 is 6.04 Å². The van der Waals surface area contributed by atoms with Crippen molar-refractivity contribution >= 4 is 11.6 Å². The number of amides is 1. The molecule has 0 saturated heterocycles. The van der Waals surface area contributed by atoms with E-state index in [-0.39, 0.29) is 11.7 Å². The van der Waals surface area contributed by atoms with Gasteiger partial charge in [-0.15, -0.1) is 0 Å². The zero-order valence-electron chi connectivity index (χ0n) is 17.1. The monoisotopic (exact) mass is 413 g/mol. The van der Waals surface area contributed by atoms with Gasteiger partial charge in [0.2, 0.25) is 0 Å². The van der Waals surface area contributed by atoms with E-state index in [1.807, 2.05) is 55.5 Å². The molecule has 31 heavy (non-hydrogen) atoms. The molecular formula is C25H20FN3O2. The summed E-state index contributed by atoms with van der Waals surface area (Å²) < 4.78 is 19.2. The third kappa shape index (κ3) is 3.08. The van der Waals surface area contributed by atoms with Crippen molar-refractivity contribution in [3.05, 3.63) is 101 Å². The van der Waals surface area contributed by atoms with Gasteiger partial charge in [0.1, 0.15) is 17.3 Å². The van der Waals surface area contributed by atoms with Crippen LogP contribution in [0.2, 0.25) is 0 Å². The lowest BCUT2D eigenvalue weighted by atomic mass is 9.95. The van der Waals surface area contributed by atoms with E-state index in [1.165, 1.54) is 12.1 Å². The van der Waals surface area contributed by atoms with Crippen LogP contribution in [-0.4, -0.2) is 23.2 Å². The molecule has 1 aromatic heterocycles. The molecule has 0 aliphatic carbocycles. The minimum absolute atomic E-state index is 0.219. The first-order chi connectivity index (χ1) is 15.1. The summed E-state index contributed by atoms with van der Waals surface area (Å²) in [7, 11) is 1.61. The Morgan fingerprint density at radius 1 is 1.00 bits per heavy atom. The van der Waals surface area contributed by atoms with Crippen LogP contribution < -0.4 is 9.64 Å². The van der Waals surface area contributed by atoms with Gasteiger partial charge in [-0.2, -0.15) is 5.10 Å². The van der Waals surface area contributed by atoms with Crippen molar-refractivity contribution < 1.29 is 13.9 Å². The number of carbonyl (C=O) groups excluding carboxylic acids is 1. The normalized spacial score (nSPS) is 15.3. The number of fused-ring (bicyclic) bond motifs is 1. The lowest BCUT2D eigenvalue weighted by molar-refractivity contribution is 0.0988. The number of benzene rings is 3. The second-order valence-corrected chi connectivity index (χ2v) is 7.52. The quantitative estimate of drug-likeness (QED) is 0.495. The van der Waals surface area contributed by atoms with E-state index >= 15 is 0 Å². The summed E-state index contributed by atoms with van der Waals surface area (Å²) in [5.74, 6) is 0.0875. The fraction of sp³-hybridized carbons (Fsp3) is 0.120. The zero-order valence-corrected chi connectivity index (χ0v) is 17.1. The summed E-state index contributed by atoms with van der Waals surface area (Å²) in [6, 6.07) is 21.1. The molecule has 154 valence electrons. The number of aromatic nitrogens is 2. The lowest BCUT2D eigenvalue weighted by Gasteiger charge is -2.27. The van der Waals surface area contributed by atoms with Crippen molar-refractivity contribution in [2.24, 2.45) is 0 Å². The minimum Gasteiger partial charge on any atom is -0.496 e. The largest absolute Gasteiger partial charge is 0.496 e.